The number of alkyl halides is 1. The second-order valence-corrected chi connectivity index (χ2v) is 8.75. The molecule has 0 saturated heterocycles. The molecule has 2 amide bonds. The second kappa shape index (κ2) is 12.4. The number of rotatable bonds is 9. The zero-order chi connectivity index (χ0) is 25.3. The number of nitrogens with one attached hydrogen (secondary N) is 1. The Morgan fingerprint density at radius 3 is 2.47 bits per heavy atom. The molecule has 4 aromatic rings. The molecule has 0 aliphatic rings. The Labute approximate surface area is 222 Å². The largest absolute Gasteiger partial charge is 0.491 e. The van der Waals surface area contributed by atoms with Gasteiger partial charge in [-0.1, -0.05) is 70.0 Å². The molecule has 9 heteroatoms. The lowest BCUT2D eigenvalue weighted by Crippen LogP contribution is -2.44. The van der Waals surface area contributed by atoms with Crippen molar-refractivity contribution in [3.05, 3.63) is 102 Å². The van der Waals surface area contributed by atoms with Gasteiger partial charge in [0.2, 0.25) is 0 Å². The normalized spacial score (nSPS) is 11.5. The summed E-state index contributed by atoms with van der Waals surface area (Å²) in [5.74, 6) is 0.267. The molecule has 36 heavy (non-hydrogen) atoms. The molecular weight excluding hydrogens is 546 g/mol. The molecule has 3 aromatic carbocycles. The summed E-state index contributed by atoms with van der Waals surface area (Å²) in [6.45, 7) is 0.415. The number of anilines is 1. The number of fused-ring (bicyclic) bond motifs is 1. The minimum absolute atomic E-state index is 0.193. The van der Waals surface area contributed by atoms with Crippen LogP contribution in [-0.2, 0) is 4.74 Å². The van der Waals surface area contributed by atoms with Gasteiger partial charge in [-0.15, -0.1) is 0 Å². The molecule has 0 fully saturated rings. The van der Waals surface area contributed by atoms with Crippen molar-refractivity contribution < 1.29 is 19.1 Å². The van der Waals surface area contributed by atoms with Crippen molar-refractivity contribution in [2.24, 2.45) is 0 Å². The number of hydrogen-bond acceptors (Lipinski definition) is 5. The van der Waals surface area contributed by atoms with E-state index in [1.807, 2.05) is 42.5 Å². The standard InChI is InChI=1S/C27H23BrClN3O4/c28-18-25(31-26(33)23-9-3-4-15-30-23)36-27(34)32(21-13-11-20(29)12-14-21)16-17-35-24-10-5-7-19-6-1-2-8-22(19)24/h1-15,25H,16-18H2,(H,31,33). The molecular formula is C27H23BrClN3O4. The number of carbonyl (C=O) groups excluding carboxylic acids is 2. The Morgan fingerprint density at radius 1 is 0.972 bits per heavy atom. The third kappa shape index (κ3) is 6.53. The fourth-order valence-corrected chi connectivity index (χ4v) is 3.94. The SMILES string of the molecule is O=C(NC(CBr)OC(=O)N(CCOc1cccc2ccccc12)c1ccc(Cl)cc1)c1ccccn1. The van der Waals surface area contributed by atoms with Gasteiger partial charge < -0.3 is 14.8 Å². The van der Waals surface area contributed by atoms with E-state index in [0.29, 0.717) is 10.7 Å². The molecule has 0 aliphatic carbocycles. The van der Waals surface area contributed by atoms with E-state index < -0.39 is 18.2 Å². The Hall–Kier alpha value is -3.62. The molecule has 4 rings (SSSR count). The van der Waals surface area contributed by atoms with E-state index in [2.05, 4.69) is 26.2 Å². The highest BCUT2D eigenvalue weighted by Crippen LogP contribution is 2.25. The highest BCUT2D eigenvalue weighted by atomic mass is 79.9. The van der Waals surface area contributed by atoms with Crippen LogP contribution in [0.2, 0.25) is 5.02 Å². The molecule has 0 aliphatic heterocycles. The van der Waals surface area contributed by atoms with E-state index in [1.54, 1.807) is 42.5 Å². The molecule has 184 valence electrons. The molecule has 0 bridgehead atoms. The summed E-state index contributed by atoms with van der Waals surface area (Å²) in [7, 11) is 0. The van der Waals surface area contributed by atoms with E-state index in [9.17, 15) is 9.59 Å². The van der Waals surface area contributed by atoms with Gasteiger partial charge >= 0.3 is 6.09 Å². The smallest absolute Gasteiger partial charge is 0.416 e. The maximum absolute atomic E-state index is 13.2. The minimum atomic E-state index is -0.916. The van der Waals surface area contributed by atoms with Crippen molar-refractivity contribution in [2.75, 3.05) is 23.4 Å². The fraction of sp³-hybridized carbons (Fsp3) is 0.148. The van der Waals surface area contributed by atoms with Gasteiger partial charge in [-0.05, 0) is 47.9 Å². The van der Waals surface area contributed by atoms with E-state index in [0.717, 1.165) is 16.5 Å². The van der Waals surface area contributed by atoms with Gasteiger partial charge in [0.15, 0.2) is 6.23 Å². The molecule has 1 N–H and O–H groups in total. The average Bonchev–Trinajstić information content (AvgIpc) is 2.92. The zero-order valence-electron chi connectivity index (χ0n) is 19.1. The Balaban J connectivity index is 1.46. The summed E-state index contributed by atoms with van der Waals surface area (Å²) in [4.78, 5) is 31.1. The summed E-state index contributed by atoms with van der Waals surface area (Å²) in [6.07, 6.45) is -0.0483. The first-order valence-electron chi connectivity index (χ1n) is 11.2. The number of carbonyl (C=O) groups is 2. The van der Waals surface area contributed by atoms with Crippen molar-refractivity contribution in [1.82, 2.24) is 10.3 Å². The lowest BCUT2D eigenvalue weighted by molar-refractivity contribution is 0.0726. The Morgan fingerprint density at radius 2 is 1.72 bits per heavy atom. The first-order valence-corrected chi connectivity index (χ1v) is 12.7. The number of nitrogens with zero attached hydrogens (tertiary/aromatic N) is 2. The van der Waals surface area contributed by atoms with Crippen molar-refractivity contribution in [2.45, 2.75) is 6.23 Å². The Kier molecular flexibility index (Phi) is 8.76. The third-order valence-electron chi connectivity index (χ3n) is 5.25. The highest BCUT2D eigenvalue weighted by Gasteiger charge is 2.23. The van der Waals surface area contributed by atoms with Gasteiger partial charge in [0, 0.05) is 22.3 Å². The summed E-state index contributed by atoms with van der Waals surface area (Å²) < 4.78 is 11.6. The van der Waals surface area contributed by atoms with E-state index >= 15 is 0 Å². The summed E-state index contributed by atoms with van der Waals surface area (Å²) in [6, 6.07) is 25.6. The maximum atomic E-state index is 13.2. The van der Waals surface area contributed by atoms with Crippen LogP contribution in [0.4, 0.5) is 10.5 Å². The monoisotopic (exact) mass is 567 g/mol. The average molecular weight is 569 g/mol. The highest BCUT2D eigenvalue weighted by molar-refractivity contribution is 9.09. The number of amides is 2. The van der Waals surface area contributed by atoms with Crippen molar-refractivity contribution in [3.8, 4) is 5.75 Å². The molecule has 1 heterocycles. The van der Waals surface area contributed by atoms with Gasteiger partial charge in [0.05, 0.1) is 11.9 Å². The summed E-state index contributed by atoms with van der Waals surface area (Å²) in [5.41, 5.74) is 0.799. The first-order chi connectivity index (χ1) is 17.5. The van der Waals surface area contributed by atoms with Gasteiger partial charge in [-0.25, -0.2) is 4.79 Å². The number of pyridine rings is 1. The van der Waals surface area contributed by atoms with Gasteiger partial charge in [-0.3, -0.25) is 14.7 Å². The van der Waals surface area contributed by atoms with Crippen LogP contribution in [-0.4, -0.2) is 41.7 Å². The fourth-order valence-electron chi connectivity index (χ4n) is 3.52. The number of hydrogen-bond donors (Lipinski definition) is 1. The number of benzene rings is 3. The Bertz CT molecular complexity index is 1320. The van der Waals surface area contributed by atoms with Crippen LogP contribution >= 0.6 is 27.5 Å². The molecule has 0 radical (unpaired) electrons. The quantitative estimate of drug-likeness (QED) is 0.196. The lowest BCUT2D eigenvalue weighted by Gasteiger charge is -2.25. The minimum Gasteiger partial charge on any atom is -0.491 e. The molecule has 1 atom stereocenters. The maximum Gasteiger partial charge on any atom is 0.416 e. The van der Waals surface area contributed by atoms with Gasteiger partial charge in [-0.2, -0.15) is 0 Å². The lowest BCUT2D eigenvalue weighted by atomic mass is 10.1. The van der Waals surface area contributed by atoms with Gasteiger partial charge in [0.1, 0.15) is 18.1 Å². The van der Waals surface area contributed by atoms with Gasteiger partial charge in [0.25, 0.3) is 5.91 Å². The van der Waals surface area contributed by atoms with Crippen LogP contribution in [0.3, 0.4) is 0 Å². The van der Waals surface area contributed by atoms with Crippen molar-refractivity contribution in [3.63, 3.8) is 0 Å². The number of ether oxygens (including phenoxy) is 2. The molecule has 7 nitrogen and oxygen atoms in total. The summed E-state index contributed by atoms with van der Waals surface area (Å²) in [5, 5.41) is 5.44. The second-order valence-electron chi connectivity index (χ2n) is 7.67. The molecule has 0 saturated carbocycles. The predicted molar refractivity (Wildman–Crippen MR) is 144 cm³/mol. The number of halogens is 2. The third-order valence-corrected chi connectivity index (χ3v) is 6.09. The number of aromatic nitrogens is 1. The van der Waals surface area contributed by atoms with Crippen LogP contribution in [0.25, 0.3) is 10.8 Å². The molecule has 1 aromatic heterocycles. The van der Waals surface area contributed by atoms with Crippen molar-refractivity contribution >= 4 is 56.0 Å². The van der Waals surface area contributed by atoms with E-state index in [4.69, 9.17) is 21.1 Å². The molecule has 0 spiro atoms. The predicted octanol–water partition coefficient (Wildman–Crippen LogP) is 6.06. The first kappa shape index (κ1) is 25.5. The van der Waals surface area contributed by atoms with E-state index in [1.165, 1.54) is 11.1 Å². The van der Waals surface area contributed by atoms with Crippen LogP contribution in [0.15, 0.2) is 91.1 Å². The topological polar surface area (TPSA) is 80.8 Å². The van der Waals surface area contributed by atoms with Crippen LogP contribution in [0.1, 0.15) is 10.5 Å². The van der Waals surface area contributed by atoms with Crippen LogP contribution < -0.4 is 15.0 Å². The van der Waals surface area contributed by atoms with Crippen LogP contribution in [0.5, 0.6) is 5.75 Å². The van der Waals surface area contributed by atoms with E-state index in [-0.39, 0.29) is 24.2 Å². The molecule has 1 unspecified atom stereocenters. The zero-order valence-corrected chi connectivity index (χ0v) is 21.5. The van der Waals surface area contributed by atoms with Crippen LogP contribution in [0, 0.1) is 0 Å². The van der Waals surface area contributed by atoms with Crippen molar-refractivity contribution in [1.29, 1.82) is 0 Å². The summed E-state index contributed by atoms with van der Waals surface area (Å²) >= 11 is 9.33.